The fourth-order valence-electron chi connectivity index (χ4n) is 3.27. The standard InChI is InChI=1S/C22H21F3N6O4S/c1-14-26-9-10-31(14)18-8-7-15(13-27-18)19(22(23,24)25)35-21-20(30-36(32,33)12-11-34-2)28-16-5-3-4-6-17(16)29-21/h3-10,13,19H,11-12H2,1-2H3,(H,28,30). The molecule has 10 nitrogen and oxygen atoms in total. The number of ether oxygens (including phenoxy) is 2. The highest BCUT2D eigenvalue weighted by molar-refractivity contribution is 7.92. The van der Waals surface area contributed by atoms with Gasteiger partial charge in [-0.25, -0.2) is 28.4 Å². The number of imidazole rings is 1. The van der Waals surface area contributed by atoms with Gasteiger partial charge in [-0.2, -0.15) is 13.2 Å². The first-order chi connectivity index (χ1) is 17.1. The van der Waals surface area contributed by atoms with Crippen molar-refractivity contribution in [1.29, 1.82) is 0 Å². The molecule has 0 amide bonds. The summed E-state index contributed by atoms with van der Waals surface area (Å²) in [7, 11) is -2.70. The van der Waals surface area contributed by atoms with Crippen molar-refractivity contribution in [3.05, 3.63) is 66.4 Å². The Morgan fingerprint density at radius 3 is 2.39 bits per heavy atom. The van der Waals surface area contributed by atoms with Crippen molar-refractivity contribution in [1.82, 2.24) is 24.5 Å². The van der Waals surface area contributed by atoms with Crippen molar-refractivity contribution in [2.24, 2.45) is 0 Å². The molecule has 190 valence electrons. The van der Waals surface area contributed by atoms with Crippen molar-refractivity contribution in [2.45, 2.75) is 19.2 Å². The molecule has 3 heterocycles. The molecule has 1 unspecified atom stereocenters. The maximum Gasteiger partial charge on any atom is 0.429 e. The quantitative estimate of drug-likeness (QED) is 0.354. The first kappa shape index (κ1) is 25.3. The van der Waals surface area contributed by atoms with Gasteiger partial charge in [-0.1, -0.05) is 12.1 Å². The Labute approximate surface area is 204 Å². The molecule has 4 rings (SSSR count). The van der Waals surface area contributed by atoms with Crippen LogP contribution in [0, 0.1) is 6.92 Å². The molecule has 0 saturated heterocycles. The molecular weight excluding hydrogens is 501 g/mol. The van der Waals surface area contributed by atoms with E-state index < -0.39 is 39.8 Å². The topological polar surface area (TPSA) is 121 Å². The number of benzene rings is 1. The van der Waals surface area contributed by atoms with Crippen molar-refractivity contribution in [3.63, 3.8) is 0 Å². The van der Waals surface area contributed by atoms with E-state index in [4.69, 9.17) is 9.47 Å². The number of sulfonamides is 1. The number of aryl methyl sites for hydroxylation is 1. The van der Waals surface area contributed by atoms with Crippen LogP contribution in [0.2, 0.25) is 0 Å². The van der Waals surface area contributed by atoms with Crippen molar-refractivity contribution in [3.8, 4) is 11.7 Å². The zero-order chi connectivity index (χ0) is 25.9. The van der Waals surface area contributed by atoms with Crippen LogP contribution in [0.4, 0.5) is 19.0 Å². The lowest BCUT2D eigenvalue weighted by Gasteiger charge is -2.23. The molecule has 14 heteroatoms. The maximum absolute atomic E-state index is 14.1. The molecule has 0 spiro atoms. The van der Waals surface area contributed by atoms with E-state index in [1.165, 1.54) is 25.3 Å². The third-order valence-electron chi connectivity index (χ3n) is 5.02. The number of nitrogens with one attached hydrogen (secondary N) is 1. The van der Waals surface area contributed by atoms with Crippen LogP contribution in [0.3, 0.4) is 0 Å². The molecule has 3 aromatic heterocycles. The lowest BCUT2D eigenvalue weighted by Crippen LogP contribution is -2.28. The van der Waals surface area contributed by atoms with E-state index in [9.17, 15) is 21.6 Å². The van der Waals surface area contributed by atoms with Gasteiger partial charge in [0.1, 0.15) is 11.6 Å². The highest BCUT2D eigenvalue weighted by Gasteiger charge is 2.44. The molecule has 0 aliphatic rings. The molecule has 0 aliphatic heterocycles. The fraction of sp³-hybridized carbons (Fsp3) is 0.273. The number of halogens is 3. The summed E-state index contributed by atoms with van der Waals surface area (Å²) >= 11 is 0. The van der Waals surface area contributed by atoms with Crippen LogP contribution < -0.4 is 9.46 Å². The zero-order valence-corrected chi connectivity index (χ0v) is 19.9. The number of hydrogen-bond donors (Lipinski definition) is 1. The summed E-state index contributed by atoms with van der Waals surface area (Å²) in [5, 5.41) is 0. The number of para-hydroxylation sites is 2. The lowest BCUT2D eigenvalue weighted by atomic mass is 10.1. The monoisotopic (exact) mass is 522 g/mol. The predicted octanol–water partition coefficient (Wildman–Crippen LogP) is 3.59. The van der Waals surface area contributed by atoms with Crippen LogP contribution in [-0.4, -0.2) is 58.6 Å². The van der Waals surface area contributed by atoms with E-state index >= 15 is 0 Å². The summed E-state index contributed by atoms with van der Waals surface area (Å²) in [6.07, 6.45) is -3.18. The molecule has 4 aromatic rings. The summed E-state index contributed by atoms with van der Waals surface area (Å²) in [6, 6.07) is 8.93. The number of rotatable bonds is 9. The largest absolute Gasteiger partial charge is 0.457 e. The van der Waals surface area contributed by atoms with Gasteiger partial charge in [0.2, 0.25) is 21.9 Å². The Hall–Kier alpha value is -3.78. The number of aromatic nitrogens is 5. The van der Waals surface area contributed by atoms with Crippen LogP contribution in [0.5, 0.6) is 5.88 Å². The third-order valence-corrected chi connectivity index (χ3v) is 6.23. The summed E-state index contributed by atoms with van der Waals surface area (Å²) in [6.45, 7) is 1.59. The SMILES string of the molecule is COCCS(=O)(=O)Nc1nc2ccccc2nc1OC(c1ccc(-n2ccnc2C)nc1)C(F)(F)F. The van der Waals surface area contributed by atoms with Gasteiger partial charge in [-0.15, -0.1) is 0 Å². The van der Waals surface area contributed by atoms with Gasteiger partial charge >= 0.3 is 6.18 Å². The Kier molecular flexibility index (Phi) is 7.08. The second-order valence-electron chi connectivity index (χ2n) is 7.61. The zero-order valence-electron chi connectivity index (χ0n) is 19.1. The second kappa shape index (κ2) is 10.1. The highest BCUT2D eigenvalue weighted by atomic mass is 32.2. The average Bonchev–Trinajstić information content (AvgIpc) is 3.26. The minimum Gasteiger partial charge on any atom is -0.457 e. The van der Waals surface area contributed by atoms with Gasteiger partial charge < -0.3 is 9.47 Å². The van der Waals surface area contributed by atoms with Crippen LogP contribution in [0.15, 0.2) is 55.0 Å². The third kappa shape index (κ3) is 5.71. The van der Waals surface area contributed by atoms with E-state index in [1.807, 2.05) is 0 Å². The number of hydrogen-bond acceptors (Lipinski definition) is 8. The maximum atomic E-state index is 14.1. The Bertz CT molecular complexity index is 1460. The first-order valence-electron chi connectivity index (χ1n) is 10.5. The lowest BCUT2D eigenvalue weighted by molar-refractivity contribution is -0.198. The smallest absolute Gasteiger partial charge is 0.429 e. The van der Waals surface area contributed by atoms with E-state index in [0.29, 0.717) is 11.6 Å². The highest BCUT2D eigenvalue weighted by Crippen LogP contribution is 2.38. The number of alkyl halides is 3. The average molecular weight is 523 g/mol. The van der Waals surface area contributed by atoms with E-state index in [0.717, 1.165) is 6.20 Å². The number of anilines is 1. The van der Waals surface area contributed by atoms with E-state index in [2.05, 4.69) is 24.7 Å². The second-order valence-corrected chi connectivity index (χ2v) is 9.46. The molecular formula is C22H21F3N6O4S. The normalized spacial score (nSPS) is 13.0. The van der Waals surface area contributed by atoms with Crippen LogP contribution >= 0.6 is 0 Å². The predicted molar refractivity (Wildman–Crippen MR) is 124 cm³/mol. The van der Waals surface area contributed by atoms with Crippen molar-refractivity contribution < 1.29 is 31.1 Å². The van der Waals surface area contributed by atoms with Gasteiger partial charge in [0.25, 0.3) is 5.88 Å². The van der Waals surface area contributed by atoms with Crippen LogP contribution in [0.1, 0.15) is 17.5 Å². The van der Waals surface area contributed by atoms with Gasteiger partial charge in [0, 0.05) is 31.3 Å². The molecule has 0 saturated carbocycles. The molecule has 0 radical (unpaired) electrons. The fourth-order valence-corrected chi connectivity index (χ4v) is 4.19. The van der Waals surface area contributed by atoms with Gasteiger partial charge in [0.15, 0.2) is 0 Å². The van der Waals surface area contributed by atoms with Gasteiger partial charge in [-0.3, -0.25) is 9.29 Å². The summed E-state index contributed by atoms with van der Waals surface area (Å²) in [5.41, 5.74) is 0.170. The molecule has 1 aromatic carbocycles. The number of nitrogens with zero attached hydrogens (tertiary/aromatic N) is 5. The van der Waals surface area contributed by atoms with E-state index in [-0.39, 0.29) is 23.2 Å². The van der Waals surface area contributed by atoms with Crippen molar-refractivity contribution >= 4 is 26.9 Å². The number of fused-ring (bicyclic) bond motifs is 1. The summed E-state index contributed by atoms with van der Waals surface area (Å²) in [5.74, 6) is -0.578. The summed E-state index contributed by atoms with van der Waals surface area (Å²) in [4.78, 5) is 16.4. The Balaban J connectivity index is 1.73. The summed E-state index contributed by atoms with van der Waals surface area (Å²) < 4.78 is 81.0. The number of pyridine rings is 1. The molecule has 1 atom stereocenters. The van der Waals surface area contributed by atoms with Crippen LogP contribution in [0.25, 0.3) is 16.9 Å². The molecule has 36 heavy (non-hydrogen) atoms. The molecule has 1 N–H and O–H groups in total. The first-order valence-corrected chi connectivity index (χ1v) is 12.2. The van der Waals surface area contributed by atoms with Crippen LogP contribution in [-0.2, 0) is 14.8 Å². The van der Waals surface area contributed by atoms with E-state index in [1.54, 1.807) is 42.1 Å². The van der Waals surface area contributed by atoms with Crippen molar-refractivity contribution in [2.75, 3.05) is 24.2 Å². The molecule has 0 fully saturated rings. The Morgan fingerprint density at radius 1 is 1.08 bits per heavy atom. The van der Waals surface area contributed by atoms with Gasteiger partial charge in [0.05, 0.1) is 23.4 Å². The Morgan fingerprint density at radius 2 is 1.81 bits per heavy atom. The minimum absolute atomic E-state index is 0.133. The minimum atomic E-state index is -4.88. The molecule has 0 aliphatic carbocycles. The van der Waals surface area contributed by atoms with Gasteiger partial charge in [-0.05, 0) is 31.2 Å². The molecule has 0 bridgehead atoms. The number of methoxy groups -OCH3 is 1.